The van der Waals surface area contributed by atoms with Crippen LogP contribution in [-0.4, -0.2) is 78.4 Å². The quantitative estimate of drug-likeness (QED) is 0.359. The number of carbonyl (C=O) groups excluding carboxylic acids is 1. The number of thioether (sulfide) groups is 1. The van der Waals surface area contributed by atoms with Crippen LogP contribution in [0.15, 0.2) is 0 Å². The molecule has 0 radical (unpaired) electrons. The summed E-state index contributed by atoms with van der Waals surface area (Å²) in [5.41, 5.74) is 1.72. The molecule has 2 aliphatic heterocycles. The summed E-state index contributed by atoms with van der Waals surface area (Å²) in [7, 11) is 1.59. The van der Waals surface area contributed by atoms with E-state index >= 15 is 0 Å². The standard InChI is InChI=1S/C17H27N5O3.C6H14.C3H8S.2C2H6/c1-17(2,3)25-16(23)22-9-7-21(8-10-22)14-12-5-6-18-11-13(12)19-15(20-14)24-4;1-3-5-6-4-2;1-3-4-2;2*1-2/h18H,5-11H2,1-4H3;3-6H2,1-2H3;3H2,1-2H3;2*1-2H3. The molecule has 8 nitrogen and oxygen atoms in total. The molecule has 9 heteroatoms. The van der Waals surface area contributed by atoms with Crippen LogP contribution in [0.2, 0.25) is 0 Å². The van der Waals surface area contributed by atoms with Gasteiger partial charge in [0.2, 0.25) is 0 Å². The zero-order valence-corrected chi connectivity index (χ0v) is 28.2. The first-order valence-electron chi connectivity index (χ1n) is 15.1. The van der Waals surface area contributed by atoms with Gasteiger partial charge in [0.05, 0.1) is 12.8 Å². The van der Waals surface area contributed by atoms with Gasteiger partial charge < -0.3 is 24.6 Å². The first kappa shape index (κ1) is 39.4. The lowest BCUT2D eigenvalue weighted by Gasteiger charge is -2.37. The van der Waals surface area contributed by atoms with E-state index in [2.05, 4.69) is 47.2 Å². The van der Waals surface area contributed by atoms with E-state index in [1.54, 1.807) is 12.0 Å². The zero-order chi connectivity index (χ0) is 30.3. The van der Waals surface area contributed by atoms with Crippen molar-refractivity contribution < 1.29 is 14.3 Å². The Balaban J connectivity index is 0. The molecule has 0 aliphatic carbocycles. The lowest BCUT2D eigenvalue weighted by molar-refractivity contribution is 0.0240. The van der Waals surface area contributed by atoms with Gasteiger partial charge in [0.25, 0.3) is 0 Å². The maximum atomic E-state index is 12.2. The minimum absolute atomic E-state index is 0.251. The van der Waals surface area contributed by atoms with Crippen LogP contribution in [0, 0.1) is 0 Å². The average molecular weight is 572 g/mol. The van der Waals surface area contributed by atoms with Gasteiger partial charge in [0, 0.05) is 38.3 Å². The summed E-state index contributed by atoms with van der Waals surface area (Å²) in [6.07, 6.45) is 8.29. The Morgan fingerprint density at radius 3 is 1.95 bits per heavy atom. The highest BCUT2D eigenvalue weighted by Gasteiger charge is 2.29. The van der Waals surface area contributed by atoms with Gasteiger partial charge in [-0.15, -0.1) is 0 Å². The minimum atomic E-state index is -0.472. The van der Waals surface area contributed by atoms with E-state index in [4.69, 9.17) is 9.47 Å². The smallest absolute Gasteiger partial charge is 0.410 e. The molecule has 2 aliphatic rings. The number of piperazine rings is 1. The largest absolute Gasteiger partial charge is 0.467 e. The molecule has 3 heterocycles. The summed E-state index contributed by atoms with van der Waals surface area (Å²) in [6.45, 7) is 24.6. The minimum Gasteiger partial charge on any atom is -0.467 e. The lowest BCUT2D eigenvalue weighted by atomic mass is 10.1. The third-order valence-corrected chi connectivity index (χ3v) is 6.13. The molecule has 0 atom stereocenters. The number of carbonyl (C=O) groups is 1. The third kappa shape index (κ3) is 16.8. The summed E-state index contributed by atoms with van der Waals surface area (Å²) in [6, 6.07) is 0.395. The molecule has 0 aromatic carbocycles. The molecule has 1 aromatic rings. The Kier molecular flexibility index (Phi) is 24.3. The van der Waals surface area contributed by atoms with Gasteiger partial charge in [0.15, 0.2) is 0 Å². The summed E-state index contributed by atoms with van der Waals surface area (Å²) in [4.78, 5) is 25.2. The lowest BCUT2D eigenvalue weighted by Crippen LogP contribution is -2.50. The van der Waals surface area contributed by atoms with Gasteiger partial charge in [-0.25, -0.2) is 4.79 Å². The first-order chi connectivity index (χ1) is 18.7. The number of ether oxygens (including phenoxy) is 2. The molecule has 0 bridgehead atoms. The SMILES string of the molecule is CC.CC.CCCCCC.CCSC.COc1nc2c(c(N3CCN(C(=O)OC(C)(C)C)CC3)n1)CCNC2. The van der Waals surface area contributed by atoms with Crippen LogP contribution in [0.4, 0.5) is 10.6 Å². The number of unbranched alkanes of at least 4 members (excludes halogenated alkanes) is 3. The number of anilines is 1. The Bertz CT molecular complexity index is 730. The fourth-order valence-electron chi connectivity index (χ4n) is 3.60. The van der Waals surface area contributed by atoms with Gasteiger partial charge in [-0.3, -0.25) is 0 Å². The summed E-state index contributed by atoms with van der Waals surface area (Å²) in [5.74, 6) is 2.17. The van der Waals surface area contributed by atoms with Crippen LogP contribution >= 0.6 is 11.8 Å². The van der Waals surface area contributed by atoms with Crippen LogP contribution in [0.1, 0.15) is 106 Å². The van der Waals surface area contributed by atoms with Crippen molar-refractivity contribution in [1.29, 1.82) is 0 Å². The molecule has 230 valence electrons. The van der Waals surface area contributed by atoms with Crippen molar-refractivity contribution in [3.63, 3.8) is 0 Å². The fourth-order valence-corrected chi connectivity index (χ4v) is 3.60. The normalized spacial score (nSPS) is 13.9. The zero-order valence-electron chi connectivity index (χ0n) is 27.4. The number of amides is 1. The number of nitrogens with one attached hydrogen (secondary N) is 1. The van der Waals surface area contributed by atoms with Crippen molar-refractivity contribution >= 4 is 23.7 Å². The molecule has 1 fully saturated rings. The molecule has 3 rings (SSSR count). The average Bonchev–Trinajstić information content (AvgIpc) is 2.97. The van der Waals surface area contributed by atoms with E-state index in [1.807, 2.05) is 60.2 Å². The highest BCUT2D eigenvalue weighted by atomic mass is 32.2. The monoisotopic (exact) mass is 571 g/mol. The molecule has 0 saturated carbocycles. The summed E-state index contributed by atoms with van der Waals surface area (Å²) in [5, 5.41) is 3.33. The Morgan fingerprint density at radius 2 is 1.51 bits per heavy atom. The molecular formula is C30H61N5O3S. The Labute approximate surface area is 245 Å². The van der Waals surface area contributed by atoms with Gasteiger partial charge in [-0.2, -0.15) is 21.7 Å². The second kappa shape index (κ2) is 24.1. The van der Waals surface area contributed by atoms with Crippen LogP contribution in [0.5, 0.6) is 6.01 Å². The van der Waals surface area contributed by atoms with Crippen LogP contribution < -0.4 is 15.0 Å². The first-order valence-corrected chi connectivity index (χ1v) is 16.5. The van der Waals surface area contributed by atoms with Crippen molar-refractivity contribution in [2.24, 2.45) is 0 Å². The Hall–Kier alpha value is -1.74. The molecular weight excluding hydrogens is 510 g/mol. The number of hydrogen-bond donors (Lipinski definition) is 1. The van der Waals surface area contributed by atoms with Gasteiger partial charge in [-0.1, -0.05) is 74.1 Å². The molecule has 1 amide bonds. The summed E-state index contributed by atoms with van der Waals surface area (Å²) >= 11 is 1.86. The highest BCUT2D eigenvalue weighted by molar-refractivity contribution is 7.98. The molecule has 0 spiro atoms. The Morgan fingerprint density at radius 1 is 0.974 bits per heavy atom. The number of fused-ring (bicyclic) bond motifs is 1. The van der Waals surface area contributed by atoms with Crippen LogP contribution in [0.3, 0.4) is 0 Å². The number of methoxy groups -OCH3 is 1. The maximum Gasteiger partial charge on any atom is 0.410 e. The molecule has 0 unspecified atom stereocenters. The predicted molar refractivity (Wildman–Crippen MR) is 171 cm³/mol. The number of nitrogens with zero attached hydrogens (tertiary/aromatic N) is 4. The highest BCUT2D eigenvalue weighted by Crippen LogP contribution is 2.27. The maximum absolute atomic E-state index is 12.2. The van der Waals surface area contributed by atoms with Gasteiger partial charge >= 0.3 is 12.1 Å². The van der Waals surface area contributed by atoms with Crippen molar-refractivity contribution in [1.82, 2.24) is 20.2 Å². The third-order valence-electron chi connectivity index (χ3n) is 5.55. The number of hydrogen-bond acceptors (Lipinski definition) is 8. The second-order valence-electron chi connectivity index (χ2n) is 9.62. The summed E-state index contributed by atoms with van der Waals surface area (Å²) < 4.78 is 10.7. The van der Waals surface area contributed by atoms with Gasteiger partial charge in [0.1, 0.15) is 11.4 Å². The van der Waals surface area contributed by atoms with Crippen LogP contribution in [-0.2, 0) is 17.7 Å². The van der Waals surface area contributed by atoms with E-state index in [9.17, 15) is 4.79 Å². The van der Waals surface area contributed by atoms with Gasteiger partial charge in [-0.05, 0) is 45.7 Å². The van der Waals surface area contributed by atoms with E-state index in [0.29, 0.717) is 19.1 Å². The van der Waals surface area contributed by atoms with Crippen LogP contribution in [0.25, 0.3) is 0 Å². The number of rotatable bonds is 6. The van der Waals surface area contributed by atoms with Crippen molar-refractivity contribution in [2.75, 3.05) is 56.7 Å². The van der Waals surface area contributed by atoms with E-state index < -0.39 is 5.60 Å². The molecule has 39 heavy (non-hydrogen) atoms. The van der Waals surface area contributed by atoms with Crippen molar-refractivity contribution in [2.45, 2.75) is 113 Å². The second-order valence-corrected chi connectivity index (χ2v) is 10.8. The molecule has 1 N–H and O–H groups in total. The van der Waals surface area contributed by atoms with Crippen molar-refractivity contribution in [3.8, 4) is 6.01 Å². The van der Waals surface area contributed by atoms with E-state index in [-0.39, 0.29) is 6.09 Å². The molecule has 1 saturated heterocycles. The van der Waals surface area contributed by atoms with E-state index in [1.165, 1.54) is 37.0 Å². The fraction of sp³-hybridized carbons (Fsp3) is 0.833. The molecule has 1 aromatic heterocycles. The van der Waals surface area contributed by atoms with Crippen molar-refractivity contribution in [3.05, 3.63) is 11.3 Å². The predicted octanol–water partition coefficient (Wildman–Crippen LogP) is 7.20. The topological polar surface area (TPSA) is 79.8 Å². The number of aromatic nitrogens is 2. The van der Waals surface area contributed by atoms with E-state index in [0.717, 1.165) is 44.1 Å².